The van der Waals surface area contributed by atoms with Crippen molar-refractivity contribution in [3.05, 3.63) is 33.8 Å². The summed E-state index contributed by atoms with van der Waals surface area (Å²) in [4.78, 5) is 0. The first-order valence-electron chi connectivity index (χ1n) is 4.89. The van der Waals surface area contributed by atoms with Crippen molar-refractivity contribution in [2.24, 2.45) is 0 Å². The summed E-state index contributed by atoms with van der Waals surface area (Å²) in [6, 6.07) is 5.72. The highest BCUT2D eigenvalue weighted by Gasteiger charge is 2.02. The van der Waals surface area contributed by atoms with Gasteiger partial charge in [0.15, 0.2) is 0 Å². The van der Waals surface area contributed by atoms with Crippen LogP contribution in [0.15, 0.2) is 18.2 Å². The van der Waals surface area contributed by atoms with Crippen molar-refractivity contribution >= 4 is 23.2 Å². The molecule has 0 amide bonds. The number of halogens is 2. The van der Waals surface area contributed by atoms with E-state index in [0.29, 0.717) is 10.0 Å². The Kier molecular flexibility index (Phi) is 5.31. The van der Waals surface area contributed by atoms with Crippen LogP contribution in [0, 0.1) is 0 Å². The van der Waals surface area contributed by atoms with Gasteiger partial charge in [0, 0.05) is 6.54 Å². The molecule has 78 valence electrons. The van der Waals surface area contributed by atoms with Crippen molar-refractivity contribution < 1.29 is 0 Å². The molecule has 1 N–H and O–H groups in total. The van der Waals surface area contributed by atoms with Gasteiger partial charge < -0.3 is 5.32 Å². The minimum Gasteiger partial charge on any atom is -0.313 e. The largest absolute Gasteiger partial charge is 0.313 e. The van der Waals surface area contributed by atoms with Gasteiger partial charge in [0.05, 0.1) is 10.0 Å². The summed E-state index contributed by atoms with van der Waals surface area (Å²) in [7, 11) is 0. The van der Waals surface area contributed by atoms with Gasteiger partial charge in [-0.3, -0.25) is 0 Å². The third-order valence-electron chi connectivity index (χ3n) is 2.05. The molecular weight excluding hydrogens is 217 g/mol. The second-order valence-electron chi connectivity index (χ2n) is 3.24. The fourth-order valence-corrected chi connectivity index (χ4v) is 1.60. The predicted octanol–water partition coefficient (Wildman–Crippen LogP) is 3.88. The third-order valence-corrected chi connectivity index (χ3v) is 2.91. The normalized spacial score (nSPS) is 10.5. The molecule has 0 spiro atoms. The highest BCUT2D eigenvalue weighted by molar-refractivity contribution is 6.42. The Bertz CT molecular complexity index is 287. The number of hydrogen-bond donors (Lipinski definition) is 1. The molecule has 1 rings (SSSR count). The van der Waals surface area contributed by atoms with Gasteiger partial charge in [-0.15, -0.1) is 0 Å². The van der Waals surface area contributed by atoms with E-state index in [9.17, 15) is 0 Å². The van der Waals surface area contributed by atoms with E-state index in [1.807, 2.05) is 12.1 Å². The van der Waals surface area contributed by atoms with Crippen LogP contribution in [0.3, 0.4) is 0 Å². The Morgan fingerprint density at radius 2 is 2.07 bits per heavy atom. The first-order chi connectivity index (χ1) is 6.75. The number of rotatable bonds is 5. The van der Waals surface area contributed by atoms with Gasteiger partial charge in [-0.2, -0.15) is 0 Å². The fourth-order valence-electron chi connectivity index (χ4n) is 1.21. The molecule has 0 heterocycles. The lowest BCUT2D eigenvalue weighted by atomic mass is 10.2. The minimum atomic E-state index is 0.626. The SMILES string of the molecule is CCCCNCc1cccc(Cl)c1Cl. The summed E-state index contributed by atoms with van der Waals surface area (Å²) in [6.07, 6.45) is 2.40. The summed E-state index contributed by atoms with van der Waals surface area (Å²) in [5, 5.41) is 4.62. The van der Waals surface area contributed by atoms with Gasteiger partial charge in [0.2, 0.25) is 0 Å². The Morgan fingerprint density at radius 3 is 2.79 bits per heavy atom. The highest BCUT2D eigenvalue weighted by Crippen LogP contribution is 2.25. The molecule has 0 unspecified atom stereocenters. The predicted molar refractivity (Wildman–Crippen MR) is 63.1 cm³/mol. The van der Waals surface area contributed by atoms with E-state index < -0.39 is 0 Å². The van der Waals surface area contributed by atoms with E-state index in [2.05, 4.69) is 12.2 Å². The Labute approximate surface area is 95.4 Å². The van der Waals surface area contributed by atoms with Crippen LogP contribution < -0.4 is 5.32 Å². The maximum Gasteiger partial charge on any atom is 0.0637 e. The summed E-state index contributed by atoms with van der Waals surface area (Å²) >= 11 is 11.9. The zero-order valence-electron chi connectivity index (χ0n) is 8.32. The number of nitrogens with one attached hydrogen (secondary N) is 1. The van der Waals surface area contributed by atoms with Crippen molar-refractivity contribution in [1.29, 1.82) is 0 Å². The first kappa shape index (κ1) is 11.8. The summed E-state index contributed by atoms with van der Waals surface area (Å²) in [6.45, 7) is 3.99. The molecule has 0 aliphatic heterocycles. The highest BCUT2D eigenvalue weighted by atomic mass is 35.5. The molecule has 14 heavy (non-hydrogen) atoms. The molecule has 3 heteroatoms. The van der Waals surface area contributed by atoms with E-state index in [4.69, 9.17) is 23.2 Å². The van der Waals surface area contributed by atoms with E-state index >= 15 is 0 Å². The molecule has 0 radical (unpaired) electrons. The molecule has 0 aliphatic rings. The van der Waals surface area contributed by atoms with E-state index in [-0.39, 0.29) is 0 Å². The number of benzene rings is 1. The van der Waals surface area contributed by atoms with Crippen LogP contribution >= 0.6 is 23.2 Å². The topological polar surface area (TPSA) is 12.0 Å². The zero-order chi connectivity index (χ0) is 10.4. The van der Waals surface area contributed by atoms with Crippen molar-refractivity contribution in [2.75, 3.05) is 6.54 Å². The van der Waals surface area contributed by atoms with E-state index in [1.165, 1.54) is 12.8 Å². The number of hydrogen-bond acceptors (Lipinski definition) is 1. The maximum atomic E-state index is 6.03. The van der Waals surface area contributed by atoms with E-state index in [1.54, 1.807) is 6.07 Å². The molecule has 0 atom stereocenters. The lowest BCUT2D eigenvalue weighted by Gasteiger charge is -2.06. The molecule has 1 nitrogen and oxygen atoms in total. The van der Waals surface area contributed by atoms with Gasteiger partial charge in [0.1, 0.15) is 0 Å². The van der Waals surface area contributed by atoms with Gasteiger partial charge in [-0.25, -0.2) is 0 Å². The average Bonchev–Trinajstić information content (AvgIpc) is 2.19. The quantitative estimate of drug-likeness (QED) is 0.759. The standard InChI is InChI=1S/C11H15Cl2N/c1-2-3-7-14-8-9-5-4-6-10(12)11(9)13/h4-6,14H,2-3,7-8H2,1H3. The molecule has 1 aromatic carbocycles. The maximum absolute atomic E-state index is 6.03. The first-order valence-corrected chi connectivity index (χ1v) is 5.65. The summed E-state index contributed by atoms with van der Waals surface area (Å²) in [5.74, 6) is 0. The second kappa shape index (κ2) is 6.28. The van der Waals surface area contributed by atoms with Gasteiger partial charge in [0.25, 0.3) is 0 Å². The molecule has 0 fully saturated rings. The van der Waals surface area contributed by atoms with Crippen molar-refractivity contribution in [2.45, 2.75) is 26.3 Å². The average molecular weight is 232 g/mol. The van der Waals surface area contributed by atoms with Gasteiger partial charge >= 0.3 is 0 Å². The molecular formula is C11H15Cl2N. The van der Waals surface area contributed by atoms with Crippen molar-refractivity contribution in [3.63, 3.8) is 0 Å². The van der Waals surface area contributed by atoms with Crippen LogP contribution in [-0.2, 0) is 6.54 Å². The minimum absolute atomic E-state index is 0.626. The summed E-state index contributed by atoms with van der Waals surface area (Å²) in [5.41, 5.74) is 1.07. The molecule has 0 saturated heterocycles. The zero-order valence-corrected chi connectivity index (χ0v) is 9.83. The monoisotopic (exact) mass is 231 g/mol. The molecule has 0 saturated carbocycles. The van der Waals surface area contributed by atoms with Gasteiger partial charge in [-0.1, -0.05) is 48.7 Å². The lowest BCUT2D eigenvalue weighted by molar-refractivity contribution is 0.641. The molecule has 1 aromatic rings. The smallest absolute Gasteiger partial charge is 0.0637 e. The van der Waals surface area contributed by atoms with Crippen LogP contribution in [0.2, 0.25) is 10.0 Å². The van der Waals surface area contributed by atoms with Crippen molar-refractivity contribution in [3.8, 4) is 0 Å². The third kappa shape index (κ3) is 3.49. The van der Waals surface area contributed by atoms with Crippen LogP contribution in [0.1, 0.15) is 25.3 Å². The van der Waals surface area contributed by atoms with Gasteiger partial charge in [-0.05, 0) is 24.6 Å². The summed E-state index contributed by atoms with van der Waals surface area (Å²) < 4.78 is 0. The number of unbranched alkanes of at least 4 members (excludes halogenated alkanes) is 1. The Morgan fingerprint density at radius 1 is 1.29 bits per heavy atom. The lowest BCUT2D eigenvalue weighted by Crippen LogP contribution is -2.14. The molecule has 0 aliphatic carbocycles. The fraction of sp³-hybridized carbons (Fsp3) is 0.455. The van der Waals surface area contributed by atoms with Crippen LogP contribution in [0.4, 0.5) is 0 Å². The Hall–Kier alpha value is -0.240. The molecule has 0 bridgehead atoms. The van der Waals surface area contributed by atoms with E-state index in [0.717, 1.165) is 18.7 Å². The van der Waals surface area contributed by atoms with Crippen LogP contribution in [0.25, 0.3) is 0 Å². The second-order valence-corrected chi connectivity index (χ2v) is 4.03. The van der Waals surface area contributed by atoms with Crippen LogP contribution in [0.5, 0.6) is 0 Å². The molecule has 0 aromatic heterocycles. The van der Waals surface area contributed by atoms with Crippen LogP contribution in [-0.4, -0.2) is 6.54 Å². The van der Waals surface area contributed by atoms with Crippen molar-refractivity contribution in [1.82, 2.24) is 5.32 Å². The Balaban J connectivity index is 2.46.